The van der Waals surface area contributed by atoms with Gasteiger partial charge >= 0.3 is 6.18 Å². The molecule has 0 aromatic heterocycles. The van der Waals surface area contributed by atoms with Gasteiger partial charge in [-0.3, -0.25) is 9.59 Å². The van der Waals surface area contributed by atoms with Crippen molar-refractivity contribution in [3.63, 3.8) is 0 Å². The highest BCUT2D eigenvalue weighted by atomic mass is 19.4. The van der Waals surface area contributed by atoms with Crippen LogP contribution in [0.3, 0.4) is 0 Å². The number of carbonyl (C=O) groups is 2. The molecule has 6 atom stereocenters. The van der Waals surface area contributed by atoms with Crippen LogP contribution >= 0.6 is 0 Å². The molecule has 4 saturated carbocycles. The molecule has 0 radical (unpaired) electrons. The second-order valence-corrected chi connectivity index (χ2v) is 12.5. The molecule has 0 aliphatic heterocycles. The van der Waals surface area contributed by atoms with Crippen molar-refractivity contribution in [1.82, 2.24) is 5.32 Å². The van der Waals surface area contributed by atoms with Crippen LogP contribution < -0.4 is 15.4 Å². The minimum absolute atomic E-state index is 0.0743. The maximum Gasteiger partial charge on any atom is 0.419 e. The highest BCUT2D eigenvalue weighted by Crippen LogP contribution is 2.54. The molecule has 11 heteroatoms. The molecule has 0 heterocycles. The number of nitrogens with one attached hydrogen (secondary N) is 2. The third kappa shape index (κ3) is 6.35. The van der Waals surface area contributed by atoms with Gasteiger partial charge in [-0.2, -0.15) is 13.2 Å². The summed E-state index contributed by atoms with van der Waals surface area (Å²) in [7, 11) is 1.46. The van der Waals surface area contributed by atoms with Crippen LogP contribution in [0.25, 0.3) is 0 Å². The molecule has 4 fully saturated rings. The summed E-state index contributed by atoms with van der Waals surface area (Å²) in [6, 6.07) is 7.02. The minimum Gasteiger partial charge on any atom is -0.496 e. The summed E-state index contributed by atoms with van der Waals surface area (Å²) in [5.41, 5.74) is 0.573. The number of rotatable bonds is 11. The molecular weight excluding hydrogens is 580 g/mol. The summed E-state index contributed by atoms with van der Waals surface area (Å²) in [5, 5.41) is 14.9. The zero-order valence-electron chi connectivity index (χ0n) is 24.3. The Balaban J connectivity index is 1.22. The van der Waals surface area contributed by atoms with Gasteiger partial charge in [0.2, 0.25) is 5.91 Å². The predicted molar refractivity (Wildman–Crippen MR) is 153 cm³/mol. The van der Waals surface area contributed by atoms with E-state index in [0.29, 0.717) is 36.3 Å². The fourth-order valence-electron chi connectivity index (χ4n) is 6.92. The lowest BCUT2D eigenvalue weighted by atomic mass is 9.83. The van der Waals surface area contributed by atoms with Gasteiger partial charge in [-0.1, -0.05) is 17.7 Å². The van der Waals surface area contributed by atoms with Crippen molar-refractivity contribution in [2.45, 2.75) is 50.9 Å². The number of methoxy groups -OCH3 is 1. The van der Waals surface area contributed by atoms with E-state index in [2.05, 4.69) is 16.7 Å². The van der Waals surface area contributed by atoms with E-state index in [9.17, 15) is 32.3 Å². The first-order chi connectivity index (χ1) is 21.1. The average molecular weight is 617 g/mol. The third-order valence-corrected chi connectivity index (χ3v) is 9.50. The fraction of sp³-hybridized carbons (Fsp3) is 0.515. The molecule has 2 aromatic rings. The van der Waals surface area contributed by atoms with Crippen molar-refractivity contribution in [3.8, 4) is 5.75 Å². The number of aliphatic hydroxyl groups is 1. The number of hydrogen-bond acceptors (Lipinski definition) is 5. The van der Waals surface area contributed by atoms with Gasteiger partial charge in [-0.25, -0.2) is 4.39 Å². The maximum atomic E-state index is 13.9. The van der Waals surface area contributed by atoms with Gasteiger partial charge < -0.3 is 25.2 Å². The van der Waals surface area contributed by atoms with Crippen molar-refractivity contribution >= 4 is 17.5 Å². The van der Waals surface area contributed by atoms with Crippen molar-refractivity contribution in [1.29, 1.82) is 0 Å². The number of anilines is 1. The first-order valence-corrected chi connectivity index (χ1v) is 15.1. The first kappa shape index (κ1) is 30.6. The van der Waals surface area contributed by atoms with Crippen LogP contribution in [0.15, 0.2) is 48.0 Å². The highest BCUT2D eigenvalue weighted by molar-refractivity contribution is 5.99. The molecule has 7 nitrogen and oxygen atoms in total. The van der Waals surface area contributed by atoms with Gasteiger partial charge in [0.05, 0.1) is 37.4 Å². The van der Waals surface area contributed by atoms with E-state index in [1.807, 2.05) is 6.07 Å². The molecule has 0 unspecified atom stereocenters. The Morgan fingerprint density at radius 2 is 1.82 bits per heavy atom. The monoisotopic (exact) mass is 616 g/mol. The smallest absolute Gasteiger partial charge is 0.419 e. The summed E-state index contributed by atoms with van der Waals surface area (Å²) < 4.78 is 65.2. The summed E-state index contributed by atoms with van der Waals surface area (Å²) in [4.78, 5) is 27.5. The molecule has 236 valence electrons. The molecule has 4 aliphatic carbocycles. The number of fused-ring (bicyclic) bond motifs is 2. The number of aliphatic hydroxyl groups excluding tert-OH is 1. The van der Waals surface area contributed by atoms with Gasteiger partial charge in [0.1, 0.15) is 11.6 Å². The zero-order chi connectivity index (χ0) is 31.2. The van der Waals surface area contributed by atoms with Crippen molar-refractivity contribution < 1.29 is 41.7 Å². The summed E-state index contributed by atoms with van der Waals surface area (Å²) in [6.07, 6.45) is 1.90. The fourth-order valence-corrected chi connectivity index (χ4v) is 6.92. The summed E-state index contributed by atoms with van der Waals surface area (Å²) in [6.45, 7) is 0.957. The zero-order valence-corrected chi connectivity index (χ0v) is 24.3. The van der Waals surface area contributed by atoms with E-state index in [-0.39, 0.29) is 42.2 Å². The summed E-state index contributed by atoms with van der Waals surface area (Å²) in [5.74, 6) is -1.86. The second-order valence-electron chi connectivity index (χ2n) is 12.5. The molecule has 2 bridgehead atoms. The molecule has 2 amide bonds. The Bertz CT molecular complexity index is 1460. The molecule has 4 aliphatic rings. The van der Waals surface area contributed by atoms with Crippen LogP contribution in [0.5, 0.6) is 5.75 Å². The molecule has 3 N–H and O–H groups in total. The van der Waals surface area contributed by atoms with Gasteiger partial charge in [-0.05, 0) is 91.7 Å². The normalized spacial score (nSPS) is 28.3. The average Bonchev–Trinajstić information content (AvgIpc) is 3.91. The van der Waals surface area contributed by atoms with E-state index in [1.54, 1.807) is 12.1 Å². The van der Waals surface area contributed by atoms with Gasteiger partial charge in [0, 0.05) is 24.3 Å². The highest BCUT2D eigenvalue weighted by Gasteiger charge is 2.55. The maximum absolute atomic E-state index is 13.9. The second kappa shape index (κ2) is 12.2. The molecule has 44 heavy (non-hydrogen) atoms. The Morgan fingerprint density at radius 3 is 2.50 bits per heavy atom. The molecule has 0 saturated heterocycles. The standard InChI is InChI=1S/C33H36F4N2O5/c1-43-28-9-4-18(15-44-16-20-12-19(20)14-40)11-25(28)31(41)39-30-23-7-6-22(24(23)10-17-2-3-17)29(30)32(42)38-21-5-8-27(34)26(13-21)33(35,36)37/h4-5,8-11,13,17,19-20,22-23,29-30,40H,2-3,6-7,12,14-16H2,1H3,(H,38,42)(H,39,41)/b24-10-/t19-,20+,22+,23-,29+,30-/m1/s1. The van der Waals surface area contributed by atoms with Crippen LogP contribution in [0.2, 0.25) is 0 Å². The first-order valence-electron chi connectivity index (χ1n) is 15.1. The molecule has 2 aromatic carbocycles. The number of benzene rings is 2. The quantitative estimate of drug-likeness (QED) is 0.222. The predicted octanol–water partition coefficient (Wildman–Crippen LogP) is 5.73. The number of allylic oxidation sites excluding steroid dienone is 1. The topological polar surface area (TPSA) is 96.9 Å². The lowest BCUT2D eigenvalue weighted by Gasteiger charge is -2.30. The molecule has 0 spiro atoms. The molecule has 6 rings (SSSR count). The Hall–Kier alpha value is -3.44. The van der Waals surface area contributed by atoms with E-state index >= 15 is 0 Å². The van der Waals surface area contributed by atoms with Gasteiger partial charge in [-0.15, -0.1) is 0 Å². The van der Waals surface area contributed by atoms with Gasteiger partial charge in [0.15, 0.2) is 0 Å². The number of hydrogen-bond donors (Lipinski definition) is 3. The summed E-state index contributed by atoms with van der Waals surface area (Å²) >= 11 is 0. The van der Waals surface area contributed by atoms with E-state index in [0.717, 1.165) is 49.3 Å². The van der Waals surface area contributed by atoms with E-state index in [1.165, 1.54) is 7.11 Å². The van der Waals surface area contributed by atoms with E-state index < -0.39 is 41.3 Å². The Kier molecular flexibility index (Phi) is 8.45. The van der Waals surface area contributed by atoms with Crippen molar-refractivity contribution in [3.05, 3.63) is 70.6 Å². The third-order valence-electron chi connectivity index (χ3n) is 9.50. The van der Waals surface area contributed by atoms with Crippen molar-refractivity contribution in [2.75, 3.05) is 25.6 Å². The van der Waals surface area contributed by atoms with Crippen molar-refractivity contribution in [2.24, 2.45) is 35.5 Å². The van der Waals surface area contributed by atoms with Crippen LogP contribution in [-0.2, 0) is 22.3 Å². The van der Waals surface area contributed by atoms with Crippen LogP contribution in [0, 0.1) is 41.3 Å². The molecular formula is C33H36F4N2O5. The SMILES string of the molecule is COc1ccc(COC[C@@H]2C[C@@H]2CO)cc1C(=O)N[C@H]1[C@@H](C(=O)Nc2ccc(F)c(C(F)(F)F)c2)[C@H]2CC[C@@H]1/C2=C\C1CC1. The van der Waals surface area contributed by atoms with Crippen LogP contribution in [0.1, 0.15) is 53.6 Å². The lowest BCUT2D eigenvalue weighted by Crippen LogP contribution is -2.48. The number of halogens is 4. The van der Waals surface area contributed by atoms with Crippen LogP contribution in [-0.4, -0.2) is 43.3 Å². The minimum atomic E-state index is -4.91. The van der Waals surface area contributed by atoms with Gasteiger partial charge in [0.25, 0.3) is 5.91 Å². The van der Waals surface area contributed by atoms with E-state index in [4.69, 9.17) is 9.47 Å². The number of amides is 2. The Labute approximate surface area is 253 Å². The largest absolute Gasteiger partial charge is 0.496 e. The van der Waals surface area contributed by atoms with Crippen LogP contribution in [0.4, 0.5) is 23.2 Å². The Morgan fingerprint density at radius 1 is 1.05 bits per heavy atom. The lowest BCUT2D eigenvalue weighted by molar-refractivity contribution is -0.140. The number of ether oxygens (including phenoxy) is 2. The number of carbonyl (C=O) groups excluding carboxylic acids is 2. The number of alkyl halides is 3.